The zero-order valence-corrected chi connectivity index (χ0v) is 13.6. The number of aryl methyl sites for hydroxylation is 1. The van der Waals surface area contributed by atoms with Gasteiger partial charge in [-0.15, -0.1) is 11.3 Å². The van der Waals surface area contributed by atoms with Crippen LogP contribution in [0, 0.1) is 5.82 Å². The second kappa shape index (κ2) is 6.87. The molecule has 0 spiro atoms. The maximum absolute atomic E-state index is 13.1. The summed E-state index contributed by atoms with van der Waals surface area (Å²) >= 11 is 1.66. The Morgan fingerprint density at radius 2 is 2.13 bits per heavy atom. The van der Waals surface area contributed by atoms with Crippen LogP contribution in [0.4, 0.5) is 10.1 Å². The van der Waals surface area contributed by atoms with E-state index in [1.165, 1.54) is 12.1 Å². The molecule has 0 aliphatic rings. The summed E-state index contributed by atoms with van der Waals surface area (Å²) in [6.07, 6.45) is 2.19. The quantitative estimate of drug-likeness (QED) is 0.745. The molecule has 0 unspecified atom stereocenters. The molecule has 3 aromatic rings. The first-order chi connectivity index (χ1) is 11.1. The van der Waals surface area contributed by atoms with Crippen LogP contribution in [-0.4, -0.2) is 10.9 Å². The highest BCUT2D eigenvalue weighted by Gasteiger charge is 2.08. The van der Waals surface area contributed by atoms with Gasteiger partial charge in [-0.3, -0.25) is 4.79 Å². The molecule has 0 saturated heterocycles. The minimum Gasteiger partial charge on any atom is -0.326 e. The zero-order chi connectivity index (χ0) is 16.2. The molecular weight excluding hydrogens is 311 g/mol. The fourth-order valence-electron chi connectivity index (χ4n) is 2.41. The normalized spacial score (nSPS) is 10.9. The Bertz CT molecular complexity index is 844. The molecule has 1 N–H and O–H groups in total. The van der Waals surface area contributed by atoms with E-state index in [2.05, 4.69) is 17.2 Å². The Hall–Kier alpha value is -2.27. The monoisotopic (exact) mass is 328 g/mol. The highest BCUT2D eigenvalue weighted by Crippen LogP contribution is 2.26. The summed E-state index contributed by atoms with van der Waals surface area (Å²) in [7, 11) is 0. The number of hydrogen-bond acceptors (Lipinski definition) is 3. The van der Waals surface area contributed by atoms with E-state index in [1.807, 2.05) is 18.2 Å². The van der Waals surface area contributed by atoms with E-state index in [4.69, 9.17) is 0 Å². The van der Waals surface area contributed by atoms with E-state index in [0.717, 1.165) is 33.8 Å². The lowest BCUT2D eigenvalue weighted by Gasteiger charge is -2.05. The average molecular weight is 328 g/mol. The highest BCUT2D eigenvalue weighted by atomic mass is 32.1. The Morgan fingerprint density at radius 1 is 1.26 bits per heavy atom. The molecule has 23 heavy (non-hydrogen) atoms. The fraction of sp³-hybridized carbons (Fsp3) is 0.222. The van der Waals surface area contributed by atoms with E-state index < -0.39 is 0 Å². The number of nitrogens with zero attached hydrogens (tertiary/aromatic N) is 1. The molecule has 2 aromatic carbocycles. The van der Waals surface area contributed by atoms with Crippen molar-refractivity contribution >= 4 is 33.1 Å². The smallest absolute Gasteiger partial charge is 0.228 e. The van der Waals surface area contributed by atoms with Crippen molar-refractivity contribution in [1.29, 1.82) is 0 Å². The van der Waals surface area contributed by atoms with Crippen LogP contribution in [0.25, 0.3) is 10.2 Å². The van der Waals surface area contributed by atoms with Crippen LogP contribution in [0.2, 0.25) is 0 Å². The third-order valence-corrected chi connectivity index (χ3v) is 4.51. The maximum atomic E-state index is 13.1. The minimum atomic E-state index is -0.329. The number of hydrogen-bond donors (Lipinski definition) is 1. The molecule has 0 bridgehead atoms. The molecular formula is C18H17FN2OS. The largest absolute Gasteiger partial charge is 0.326 e. The number of amides is 1. The maximum Gasteiger partial charge on any atom is 0.228 e. The second-order valence-corrected chi connectivity index (χ2v) is 6.51. The summed E-state index contributed by atoms with van der Waals surface area (Å²) in [6, 6.07) is 11.8. The van der Waals surface area contributed by atoms with Gasteiger partial charge in [0.1, 0.15) is 5.82 Å². The molecule has 0 saturated carbocycles. The zero-order valence-electron chi connectivity index (χ0n) is 12.8. The van der Waals surface area contributed by atoms with Crippen LogP contribution in [0.15, 0.2) is 42.5 Å². The number of thiazole rings is 1. The SMILES string of the molecule is CCCc1nc2ccc(NC(=O)Cc3cccc(F)c3)cc2s1. The highest BCUT2D eigenvalue weighted by molar-refractivity contribution is 7.18. The number of carbonyl (C=O) groups excluding carboxylic acids is 1. The van der Waals surface area contributed by atoms with Gasteiger partial charge in [-0.05, 0) is 48.7 Å². The number of aromatic nitrogens is 1. The predicted molar refractivity (Wildman–Crippen MR) is 92.3 cm³/mol. The van der Waals surface area contributed by atoms with Crippen LogP contribution in [0.5, 0.6) is 0 Å². The van der Waals surface area contributed by atoms with E-state index in [-0.39, 0.29) is 18.1 Å². The summed E-state index contributed by atoms with van der Waals surface area (Å²) in [5.41, 5.74) is 2.36. The van der Waals surface area contributed by atoms with E-state index in [1.54, 1.807) is 23.5 Å². The Balaban J connectivity index is 1.71. The number of rotatable bonds is 5. The second-order valence-electron chi connectivity index (χ2n) is 5.39. The molecule has 1 heterocycles. The van der Waals surface area contributed by atoms with Gasteiger partial charge in [-0.1, -0.05) is 19.1 Å². The summed E-state index contributed by atoms with van der Waals surface area (Å²) in [5, 5.41) is 3.98. The molecule has 1 aromatic heterocycles. The van der Waals surface area contributed by atoms with Gasteiger partial charge in [0.15, 0.2) is 0 Å². The molecule has 3 nitrogen and oxygen atoms in total. The van der Waals surface area contributed by atoms with E-state index in [9.17, 15) is 9.18 Å². The number of halogens is 1. The first-order valence-corrected chi connectivity index (χ1v) is 8.39. The van der Waals surface area contributed by atoms with Gasteiger partial charge < -0.3 is 5.32 Å². The molecule has 5 heteroatoms. The molecule has 118 valence electrons. The van der Waals surface area contributed by atoms with Crippen LogP contribution >= 0.6 is 11.3 Å². The van der Waals surface area contributed by atoms with Gasteiger partial charge in [0.05, 0.1) is 21.6 Å². The van der Waals surface area contributed by atoms with Crippen molar-refractivity contribution in [2.24, 2.45) is 0 Å². The summed E-state index contributed by atoms with van der Waals surface area (Å²) < 4.78 is 14.2. The van der Waals surface area contributed by atoms with Crippen molar-refractivity contribution in [3.05, 3.63) is 58.9 Å². The molecule has 0 radical (unpaired) electrons. The lowest BCUT2D eigenvalue weighted by molar-refractivity contribution is -0.115. The van der Waals surface area contributed by atoms with Gasteiger partial charge in [0.2, 0.25) is 5.91 Å². The topological polar surface area (TPSA) is 42.0 Å². The lowest BCUT2D eigenvalue weighted by Crippen LogP contribution is -2.14. The minimum absolute atomic E-state index is 0.152. The Morgan fingerprint density at radius 3 is 2.91 bits per heavy atom. The van der Waals surface area contributed by atoms with Crippen LogP contribution < -0.4 is 5.32 Å². The van der Waals surface area contributed by atoms with Crippen molar-refractivity contribution < 1.29 is 9.18 Å². The number of nitrogens with one attached hydrogen (secondary N) is 1. The standard InChI is InChI=1S/C18H17FN2OS/c1-2-4-18-21-15-8-7-14(11-16(15)23-18)20-17(22)10-12-5-3-6-13(19)9-12/h3,5-9,11H,2,4,10H2,1H3,(H,20,22). The van der Waals surface area contributed by atoms with Gasteiger partial charge in [-0.25, -0.2) is 9.37 Å². The number of anilines is 1. The van der Waals surface area contributed by atoms with E-state index in [0.29, 0.717) is 5.56 Å². The lowest BCUT2D eigenvalue weighted by atomic mass is 10.1. The van der Waals surface area contributed by atoms with Crippen molar-refractivity contribution in [2.75, 3.05) is 5.32 Å². The summed E-state index contributed by atoms with van der Waals surface area (Å²) in [5.74, 6) is -0.488. The van der Waals surface area contributed by atoms with Gasteiger partial charge in [0, 0.05) is 5.69 Å². The van der Waals surface area contributed by atoms with Gasteiger partial charge in [0.25, 0.3) is 0 Å². The average Bonchev–Trinajstić information content (AvgIpc) is 2.89. The summed E-state index contributed by atoms with van der Waals surface area (Å²) in [4.78, 5) is 16.7. The first-order valence-electron chi connectivity index (χ1n) is 7.58. The first kappa shape index (κ1) is 15.6. The van der Waals surface area contributed by atoms with Crippen LogP contribution in [-0.2, 0) is 17.6 Å². The van der Waals surface area contributed by atoms with Crippen molar-refractivity contribution in [2.45, 2.75) is 26.2 Å². The molecule has 0 fully saturated rings. The van der Waals surface area contributed by atoms with Crippen molar-refractivity contribution in [3.63, 3.8) is 0 Å². The predicted octanol–water partition coefficient (Wildman–Crippen LogP) is 4.57. The fourth-order valence-corrected chi connectivity index (χ4v) is 3.52. The van der Waals surface area contributed by atoms with Gasteiger partial charge >= 0.3 is 0 Å². The third-order valence-electron chi connectivity index (χ3n) is 3.43. The molecule has 0 atom stereocenters. The molecule has 0 aliphatic heterocycles. The van der Waals surface area contributed by atoms with Crippen LogP contribution in [0.3, 0.4) is 0 Å². The Kier molecular flexibility index (Phi) is 4.67. The molecule has 1 amide bonds. The summed E-state index contributed by atoms with van der Waals surface area (Å²) in [6.45, 7) is 2.13. The van der Waals surface area contributed by atoms with Crippen molar-refractivity contribution in [1.82, 2.24) is 4.98 Å². The number of carbonyl (C=O) groups is 1. The number of fused-ring (bicyclic) bond motifs is 1. The molecule has 0 aliphatic carbocycles. The third kappa shape index (κ3) is 3.93. The number of benzene rings is 2. The molecule has 3 rings (SSSR count). The Labute approximate surface area is 138 Å². The van der Waals surface area contributed by atoms with Crippen LogP contribution in [0.1, 0.15) is 23.9 Å². The van der Waals surface area contributed by atoms with Gasteiger partial charge in [-0.2, -0.15) is 0 Å². The van der Waals surface area contributed by atoms with Crippen molar-refractivity contribution in [3.8, 4) is 0 Å². The van der Waals surface area contributed by atoms with E-state index >= 15 is 0 Å².